The van der Waals surface area contributed by atoms with Crippen molar-refractivity contribution in [3.63, 3.8) is 0 Å². The van der Waals surface area contributed by atoms with Gasteiger partial charge in [0.2, 0.25) is 11.8 Å². The van der Waals surface area contributed by atoms with Gasteiger partial charge in [-0.1, -0.05) is 84.9 Å². The number of anilines is 1. The molecule has 0 radical (unpaired) electrons. The average Bonchev–Trinajstić information content (AvgIpc) is 2.99. The molecular weight excluding hydrogens is 454 g/mol. The summed E-state index contributed by atoms with van der Waals surface area (Å²) in [5.41, 5.74) is 4.62. The molecule has 0 spiro atoms. The molecule has 1 heterocycles. The number of carbonyl (C=O) groups excluding carboxylic acids is 3. The molecule has 1 aliphatic heterocycles. The van der Waals surface area contributed by atoms with Crippen molar-refractivity contribution in [2.45, 2.75) is 31.8 Å². The van der Waals surface area contributed by atoms with Crippen LogP contribution in [0.25, 0.3) is 0 Å². The second-order valence-electron chi connectivity index (χ2n) is 8.64. The molecule has 0 aliphatic carbocycles. The summed E-state index contributed by atoms with van der Waals surface area (Å²) in [5.74, 6) is -0.838. The Labute approximate surface area is 210 Å². The van der Waals surface area contributed by atoms with Crippen molar-refractivity contribution in [3.05, 3.63) is 114 Å². The van der Waals surface area contributed by atoms with Crippen LogP contribution in [0.3, 0.4) is 0 Å². The fourth-order valence-electron chi connectivity index (χ4n) is 4.37. The minimum Gasteiger partial charge on any atom is -0.322 e. The third-order valence-corrected chi connectivity index (χ3v) is 6.20. The molecule has 7 heteroatoms. The lowest BCUT2D eigenvalue weighted by Gasteiger charge is -2.30. The highest BCUT2D eigenvalue weighted by Gasteiger charge is 2.39. The number of nitrogens with zero attached hydrogens (tertiary/aromatic N) is 2. The maximum Gasteiger partial charge on any atom is 0.256 e. The van der Waals surface area contributed by atoms with E-state index in [4.69, 9.17) is 5.21 Å². The number of amides is 3. The van der Waals surface area contributed by atoms with Gasteiger partial charge in [-0.2, -0.15) is 0 Å². The number of hydroxylamine groups is 1. The van der Waals surface area contributed by atoms with Crippen molar-refractivity contribution in [1.82, 2.24) is 10.4 Å². The predicted octanol–water partition coefficient (Wildman–Crippen LogP) is 4.13. The SMILES string of the molecule is O=C(CC/C=C/CN1C(=O)c2ccccc2N(Cc2ccccc2)C(=O)[C@@H]1Cc1ccccc1)NO. The van der Waals surface area contributed by atoms with E-state index in [0.717, 1.165) is 11.1 Å². The molecule has 1 aliphatic rings. The molecule has 1 atom stereocenters. The number of nitrogens with one attached hydrogen (secondary N) is 1. The molecule has 3 aromatic carbocycles. The first-order chi connectivity index (χ1) is 17.6. The molecule has 184 valence electrons. The van der Waals surface area contributed by atoms with Crippen molar-refractivity contribution >= 4 is 23.4 Å². The van der Waals surface area contributed by atoms with Gasteiger partial charge >= 0.3 is 0 Å². The molecule has 2 N–H and O–H groups in total. The van der Waals surface area contributed by atoms with Crippen LogP contribution >= 0.6 is 0 Å². The van der Waals surface area contributed by atoms with Crippen LogP contribution in [0.15, 0.2) is 97.1 Å². The first-order valence-corrected chi connectivity index (χ1v) is 12.0. The minimum absolute atomic E-state index is 0.126. The molecule has 36 heavy (non-hydrogen) atoms. The van der Waals surface area contributed by atoms with Gasteiger partial charge in [-0.15, -0.1) is 0 Å². The van der Waals surface area contributed by atoms with Gasteiger partial charge < -0.3 is 9.80 Å². The summed E-state index contributed by atoms with van der Waals surface area (Å²) in [6, 6.07) is 25.9. The smallest absolute Gasteiger partial charge is 0.256 e. The Balaban J connectivity index is 1.69. The van der Waals surface area contributed by atoms with E-state index in [1.807, 2.05) is 72.8 Å². The number of carbonyl (C=O) groups is 3. The summed E-state index contributed by atoms with van der Waals surface area (Å²) in [4.78, 5) is 42.5. The van der Waals surface area contributed by atoms with E-state index in [0.29, 0.717) is 30.6 Å². The monoisotopic (exact) mass is 483 g/mol. The van der Waals surface area contributed by atoms with Crippen LogP contribution in [-0.4, -0.2) is 40.4 Å². The normalized spacial score (nSPS) is 15.6. The molecule has 0 bridgehead atoms. The van der Waals surface area contributed by atoms with Crippen molar-refractivity contribution in [2.75, 3.05) is 11.4 Å². The number of fused-ring (bicyclic) bond motifs is 1. The van der Waals surface area contributed by atoms with Gasteiger partial charge in [-0.05, 0) is 29.7 Å². The number of para-hydroxylation sites is 1. The molecule has 3 amide bonds. The van der Waals surface area contributed by atoms with Gasteiger partial charge in [-0.3, -0.25) is 19.6 Å². The molecule has 4 rings (SSSR count). The average molecular weight is 484 g/mol. The zero-order valence-electron chi connectivity index (χ0n) is 19.9. The Kier molecular flexibility index (Phi) is 8.26. The van der Waals surface area contributed by atoms with E-state index in [-0.39, 0.29) is 24.8 Å². The number of hydrogen-bond donors (Lipinski definition) is 2. The largest absolute Gasteiger partial charge is 0.322 e. The number of allylic oxidation sites excluding steroid dienone is 1. The van der Waals surface area contributed by atoms with Gasteiger partial charge in [0.15, 0.2) is 0 Å². The van der Waals surface area contributed by atoms with Crippen LogP contribution < -0.4 is 10.4 Å². The third kappa shape index (κ3) is 5.87. The lowest BCUT2D eigenvalue weighted by atomic mass is 10.0. The van der Waals surface area contributed by atoms with Crippen molar-refractivity contribution in [3.8, 4) is 0 Å². The van der Waals surface area contributed by atoms with Crippen LogP contribution in [0.5, 0.6) is 0 Å². The second-order valence-corrected chi connectivity index (χ2v) is 8.64. The van der Waals surface area contributed by atoms with E-state index in [2.05, 4.69) is 0 Å². The van der Waals surface area contributed by atoms with E-state index in [1.165, 1.54) is 0 Å². The summed E-state index contributed by atoms with van der Waals surface area (Å²) < 4.78 is 0. The van der Waals surface area contributed by atoms with E-state index < -0.39 is 11.9 Å². The fraction of sp³-hybridized carbons (Fsp3) is 0.207. The Morgan fingerprint density at radius 3 is 2.19 bits per heavy atom. The molecule has 0 saturated heterocycles. The number of hydrogen-bond acceptors (Lipinski definition) is 4. The first kappa shape index (κ1) is 24.9. The van der Waals surface area contributed by atoms with Crippen LogP contribution in [0.1, 0.15) is 34.3 Å². The molecule has 0 unspecified atom stereocenters. The predicted molar refractivity (Wildman–Crippen MR) is 137 cm³/mol. The third-order valence-electron chi connectivity index (χ3n) is 6.20. The fourth-order valence-corrected chi connectivity index (χ4v) is 4.37. The van der Waals surface area contributed by atoms with Crippen LogP contribution in [0.2, 0.25) is 0 Å². The Bertz CT molecular complexity index is 1230. The summed E-state index contributed by atoms with van der Waals surface area (Å²) in [7, 11) is 0. The molecule has 0 fully saturated rings. The highest BCUT2D eigenvalue weighted by molar-refractivity contribution is 6.11. The lowest BCUT2D eigenvalue weighted by molar-refractivity contribution is -0.129. The van der Waals surface area contributed by atoms with Crippen molar-refractivity contribution < 1.29 is 19.6 Å². The van der Waals surface area contributed by atoms with Gasteiger partial charge in [-0.25, -0.2) is 5.48 Å². The summed E-state index contributed by atoms with van der Waals surface area (Å²) in [6.07, 6.45) is 4.49. The number of rotatable bonds is 9. The highest BCUT2D eigenvalue weighted by Crippen LogP contribution is 2.30. The Morgan fingerprint density at radius 2 is 1.50 bits per heavy atom. The molecule has 0 saturated carbocycles. The lowest BCUT2D eigenvalue weighted by Crippen LogP contribution is -2.49. The Morgan fingerprint density at radius 1 is 0.861 bits per heavy atom. The zero-order valence-corrected chi connectivity index (χ0v) is 19.9. The van der Waals surface area contributed by atoms with Gasteiger partial charge in [0.1, 0.15) is 6.04 Å². The highest BCUT2D eigenvalue weighted by atomic mass is 16.5. The van der Waals surface area contributed by atoms with Crippen molar-refractivity contribution in [1.29, 1.82) is 0 Å². The molecular formula is C29H29N3O4. The van der Waals surface area contributed by atoms with Gasteiger partial charge in [0, 0.05) is 19.4 Å². The minimum atomic E-state index is -0.707. The maximum absolute atomic E-state index is 14.1. The topological polar surface area (TPSA) is 90.0 Å². The molecule has 0 aromatic heterocycles. The number of benzene rings is 3. The van der Waals surface area contributed by atoms with Gasteiger partial charge in [0.25, 0.3) is 5.91 Å². The molecule has 3 aromatic rings. The Hall–Kier alpha value is -4.23. The van der Waals surface area contributed by atoms with Crippen molar-refractivity contribution in [2.24, 2.45) is 0 Å². The van der Waals surface area contributed by atoms with Gasteiger partial charge in [0.05, 0.1) is 17.8 Å². The molecule has 7 nitrogen and oxygen atoms in total. The maximum atomic E-state index is 14.1. The van der Waals surface area contributed by atoms with Crippen LogP contribution in [0, 0.1) is 0 Å². The van der Waals surface area contributed by atoms with Crippen LogP contribution in [0.4, 0.5) is 5.69 Å². The van der Waals surface area contributed by atoms with E-state index in [9.17, 15) is 14.4 Å². The summed E-state index contributed by atoms with van der Waals surface area (Å²) in [5, 5.41) is 8.67. The van der Waals surface area contributed by atoms with E-state index >= 15 is 0 Å². The second kappa shape index (κ2) is 12.0. The standard InChI is InChI=1S/C29H29N3O4/c33-27(30-36)18-8-3-11-19-31-26(20-22-12-4-1-5-13-22)29(35)32(21-23-14-6-2-7-15-23)25-17-10-9-16-24(25)28(31)34/h1-7,9-17,26,36H,8,18-21H2,(H,30,33)/b11-3+/t26-/m0/s1. The first-order valence-electron chi connectivity index (χ1n) is 12.0. The van der Waals surface area contributed by atoms with Crippen LogP contribution in [-0.2, 0) is 22.6 Å². The quantitative estimate of drug-likeness (QED) is 0.272. The van der Waals surface area contributed by atoms with E-state index in [1.54, 1.807) is 39.6 Å². The summed E-state index contributed by atoms with van der Waals surface area (Å²) >= 11 is 0. The summed E-state index contributed by atoms with van der Waals surface area (Å²) in [6.45, 7) is 0.575. The zero-order chi connectivity index (χ0) is 25.3.